The van der Waals surface area contributed by atoms with Gasteiger partial charge in [0.25, 0.3) is 0 Å². The summed E-state index contributed by atoms with van der Waals surface area (Å²) in [5.41, 5.74) is 0. The molecule has 3 atom stereocenters. The Balaban J connectivity index is 2.07. The van der Waals surface area contributed by atoms with Gasteiger partial charge in [-0.1, -0.05) is 19.8 Å². The van der Waals surface area contributed by atoms with E-state index in [0.29, 0.717) is 12.5 Å². The van der Waals surface area contributed by atoms with Crippen LogP contribution in [0.4, 0.5) is 0 Å². The van der Waals surface area contributed by atoms with Gasteiger partial charge in [0, 0.05) is 19.6 Å². The minimum absolute atomic E-state index is 0.214. The van der Waals surface area contributed by atoms with Crippen molar-refractivity contribution in [3.8, 4) is 0 Å². The Morgan fingerprint density at radius 2 is 1.83 bits per heavy atom. The largest absolute Gasteiger partial charge is 0.315 e. The lowest BCUT2D eigenvalue weighted by Gasteiger charge is -2.38. The minimum Gasteiger partial charge on any atom is -0.315 e. The molecule has 0 amide bonds. The van der Waals surface area contributed by atoms with Gasteiger partial charge in [-0.3, -0.25) is 0 Å². The van der Waals surface area contributed by atoms with Crippen LogP contribution < -0.4 is 5.32 Å². The average molecular weight is 274 g/mol. The summed E-state index contributed by atoms with van der Waals surface area (Å²) < 4.78 is 26.9. The Labute approximate surface area is 111 Å². The maximum atomic E-state index is 12.6. The fraction of sp³-hybridized carbons (Fsp3) is 1.00. The van der Waals surface area contributed by atoms with E-state index in [2.05, 4.69) is 12.2 Å². The van der Waals surface area contributed by atoms with E-state index in [1.54, 1.807) is 11.4 Å². The Morgan fingerprint density at radius 3 is 2.44 bits per heavy atom. The highest BCUT2D eigenvalue weighted by Crippen LogP contribution is 2.30. The van der Waals surface area contributed by atoms with Crippen molar-refractivity contribution in [2.45, 2.75) is 56.7 Å². The third kappa shape index (κ3) is 2.89. The van der Waals surface area contributed by atoms with Gasteiger partial charge in [-0.25, -0.2) is 12.7 Å². The highest BCUT2D eigenvalue weighted by Gasteiger charge is 2.37. The number of hydrogen-bond donors (Lipinski definition) is 1. The quantitative estimate of drug-likeness (QED) is 0.850. The van der Waals surface area contributed by atoms with Gasteiger partial charge in [0.05, 0.1) is 5.25 Å². The second kappa shape index (κ2) is 5.88. The minimum atomic E-state index is -3.12. The standard InChI is InChI=1S/C13H26N2O2S/c1-11-6-3-4-8-13(11)15(2)18(16,17)12-7-5-9-14-10-12/h11-14H,3-10H2,1-2H3. The molecule has 0 aromatic heterocycles. The Morgan fingerprint density at radius 1 is 1.11 bits per heavy atom. The second-order valence-electron chi connectivity index (χ2n) is 5.86. The fourth-order valence-corrected chi connectivity index (χ4v) is 5.29. The molecule has 0 aromatic carbocycles. The zero-order chi connectivity index (χ0) is 13.2. The molecule has 2 aliphatic rings. The van der Waals surface area contributed by atoms with E-state index in [1.807, 2.05) is 0 Å². The number of hydrogen-bond acceptors (Lipinski definition) is 3. The first kappa shape index (κ1) is 14.3. The summed E-state index contributed by atoms with van der Waals surface area (Å²) in [5.74, 6) is 0.495. The first-order chi connectivity index (χ1) is 8.53. The summed E-state index contributed by atoms with van der Waals surface area (Å²) in [6.45, 7) is 3.76. The van der Waals surface area contributed by atoms with E-state index in [4.69, 9.17) is 0 Å². The Bertz CT molecular complexity index is 363. The molecule has 0 radical (unpaired) electrons. The molecule has 106 valence electrons. The molecule has 1 heterocycles. The van der Waals surface area contributed by atoms with Gasteiger partial charge in [-0.05, 0) is 38.1 Å². The van der Waals surface area contributed by atoms with Crippen molar-refractivity contribution in [1.29, 1.82) is 0 Å². The Kier molecular flexibility index (Phi) is 4.67. The zero-order valence-corrected chi connectivity index (χ0v) is 12.4. The molecule has 0 bridgehead atoms. The molecule has 1 aliphatic carbocycles. The summed E-state index contributed by atoms with van der Waals surface area (Å²) in [6.07, 6.45) is 6.37. The predicted molar refractivity (Wildman–Crippen MR) is 74.0 cm³/mol. The lowest BCUT2D eigenvalue weighted by molar-refractivity contribution is 0.211. The number of nitrogens with one attached hydrogen (secondary N) is 1. The van der Waals surface area contributed by atoms with E-state index >= 15 is 0 Å². The van der Waals surface area contributed by atoms with Crippen LogP contribution in [-0.2, 0) is 10.0 Å². The van der Waals surface area contributed by atoms with E-state index in [0.717, 1.165) is 38.6 Å². The molecule has 3 unspecified atom stereocenters. The molecule has 0 spiro atoms. The Hall–Kier alpha value is -0.130. The average Bonchev–Trinajstić information content (AvgIpc) is 2.39. The van der Waals surface area contributed by atoms with Crippen LogP contribution in [0.2, 0.25) is 0 Å². The predicted octanol–water partition coefficient (Wildman–Crippen LogP) is 1.58. The second-order valence-corrected chi connectivity index (χ2v) is 8.13. The zero-order valence-electron chi connectivity index (χ0n) is 11.6. The normalized spacial score (nSPS) is 34.7. The number of nitrogens with zero attached hydrogens (tertiary/aromatic N) is 1. The van der Waals surface area contributed by atoms with E-state index < -0.39 is 10.0 Å². The number of sulfonamides is 1. The smallest absolute Gasteiger partial charge is 0.218 e. The van der Waals surface area contributed by atoms with Gasteiger partial charge in [0.15, 0.2) is 0 Å². The number of rotatable bonds is 3. The van der Waals surface area contributed by atoms with Gasteiger partial charge in [-0.2, -0.15) is 0 Å². The van der Waals surface area contributed by atoms with Crippen molar-refractivity contribution in [3.63, 3.8) is 0 Å². The molecule has 0 aromatic rings. The first-order valence-corrected chi connectivity index (χ1v) is 8.71. The van der Waals surface area contributed by atoms with Crippen LogP contribution in [0.3, 0.4) is 0 Å². The van der Waals surface area contributed by atoms with Crippen LogP contribution >= 0.6 is 0 Å². The van der Waals surface area contributed by atoms with Crippen LogP contribution in [-0.4, -0.2) is 44.2 Å². The van der Waals surface area contributed by atoms with Gasteiger partial charge < -0.3 is 5.32 Å². The fourth-order valence-electron chi connectivity index (χ4n) is 3.33. The van der Waals surface area contributed by atoms with Crippen molar-refractivity contribution < 1.29 is 8.42 Å². The molecule has 1 aliphatic heterocycles. The molecule has 4 nitrogen and oxygen atoms in total. The molecule has 1 saturated heterocycles. The van der Waals surface area contributed by atoms with Crippen LogP contribution in [0.25, 0.3) is 0 Å². The summed E-state index contributed by atoms with van der Waals surface area (Å²) in [4.78, 5) is 0. The molecule has 2 rings (SSSR count). The maximum Gasteiger partial charge on any atom is 0.218 e. The summed E-state index contributed by atoms with van der Waals surface area (Å²) in [6, 6.07) is 0.214. The van der Waals surface area contributed by atoms with Gasteiger partial charge in [-0.15, -0.1) is 0 Å². The van der Waals surface area contributed by atoms with E-state index in [1.165, 1.54) is 6.42 Å². The lowest BCUT2D eigenvalue weighted by Crippen LogP contribution is -2.50. The SMILES string of the molecule is CC1CCCCC1N(C)S(=O)(=O)C1CCCNC1. The maximum absolute atomic E-state index is 12.6. The van der Waals surface area contributed by atoms with Gasteiger partial charge >= 0.3 is 0 Å². The van der Waals surface area contributed by atoms with Crippen molar-refractivity contribution in [3.05, 3.63) is 0 Å². The highest BCUT2D eigenvalue weighted by molar-refractivity contribution is 7.89. The van der Waals surface area contributed by atoms with Crippen LogP contribution in [0.1, 0.15) is 45.4 Å². The van der Waals surface area contributed by atoms with Crippen molar-refractivity contribution >= 4 is 10.0 Å². The molecular formula is C13H26N2O2S. The molecule has 1 saturated carbocycles. The first-order valence-electron chi connectivity index (χ1n) is 7.21. The highest BCUT2D eigenvalue weighted by atomic mass is 32.2. The van der Waals surface area contributed by atoms with Crippen molar-refractivity contribution in [2.24, 2.45) is 5.92 Å². The molecule has 5 heteroatoms. The summed E-state index contributed by atoms with van der Waals surface area (Å²) >= 11 is 0. The van der Waals surface area contributed by atoms with E-state index in [9.17, 15) is 8.42 Å². The third-order valence-corrected chi connectivity index (χ3v) is 6.93. The molecule has 1 N–H and O–H groups in total. The summed E-state index contributed by atoms with van der Waals surface area (Å²) in [7, 11) is -1.34. The monoisotopic (exact) mass is 274 g/mol. The van der Waals surface area contributed by atoms with Crippen LogP contribution in [0.15, 0.2) is 0 Å². The molecule has 18 heavy (non-hydrogen) atoms. The van der Waals surface area contributed by atoms with Gasteiger partial charge in [0.1, 0.15) is 0 Å². The van der Waals surface area contributed by atoms with Crippen LogP contribution in [0.5, 0.6) is 0 Å². The van der Waals surface area contributed by atoms with Crippen LogP contribution in [0, 0.1) is 5.92 Å². The van der Waals surface area contributed by atoms with Crippen molar-refractivity contribution in [2.75, 3.05) is 20.1 Å². The molecule has 2 fully saturated rings. The summed E-state index contributed by atoms with van der Waals surface area (Å²) in [5, 5.41) is 2.99. The number of piperidine rings is 1. The van der Waals surface area contributed by atoms with Crippen molar-refractivity contribution in [1.82, 2.24) is 9.62 Å². The molecular weight excluding hydrogens is 248 g/mol. The van der Waals surface area contributed by atoms with Gasteiger partial charge in [0.2, 0.25) is 10.0 Å². The topological polar surface area (TPSA) is 49.4 Å². The third-order valence-electron chi connectivity index (χ3n) is 4.61. The van der Waals surface area contributed by atoms with E-state index in [-0.39, 0.29) is 11.3 Å². The lowest BCUT2D eigenvalue weighted by atomic mass is 9.86.